The van der Waals surface area contributed by atoms with Crippen molar-refractivity contribution in [3.63, 3.8) is 0 Å². The number of nitrogens with zero attached hydrogens (tertiary/aromatic N) is 1. The van der Waals surface area contributed by atoms with Gasteiger partial charge in [-0.05, 0) is 31.6 Å². The quantitative estimate of drug-likeness (QED) is 0.705. The molecule has 110 valence electrons. The van der Waals surface area contributed by atoms with E-state index in [0.717, 1.165) is 25.7 Å². The number of nitrogens with two attached hydrogens (primary N) is 1. The number of hydrogen-bond acceptors (Lipinski definition) is 3. The van der Waals surface area contributed by atoms with Crippen LogP contribution in [0, 0.1) is 5.92 Å². The lowest BCUT2D eigenvalue weighted by Crippen LogP contribution is -2.51. The Morgan fingerprint density at radius 3 is 2.22 bits per heavy atom. The summed E-state index contributed by atoms with van der Waals surface area (Å²) in [6.07, 6.45) is 3.81. The maximum Gasteiger partial charge on any atom is 0.279 e. The zero-order valence-electron chi connectivity index (χ0n) is 11.5. The fourth-order valence-electron chi connectivity index (χ4n) is 1.61. The first kappa shape index (κ1) is 18.1. The molecule has 3 N–H and O–H groups in total. The molecule has 0 aromatic rings. The highest BCUT2D eigenvalue weighted by Gasteiger charge is 2.29. The highest BCUT2D eigenvalue weighted by molar-refractivity contribution is 7.87. The Bertz CT molecular complexity index is 340. The molecule has 0 aliphatic heterocycles. The van der Waals surface area contributed by atoms with E-state index in [1.165, 1.54) is 4.31 Å². The molecule has 0 atom stereocenters. The lowest BCUT2D eigenvalue weighted by atomic mass is 9.95. The molecule has 1 aliphatic rings. The Balaban J connectivity index is 0.00000289. The molecule has 1 saturated carbocycles. The van der Waals surface area contributed by atoms with Gasteiger partial charge in [-0.3, -0.25) is 0 Å². The molecule has 0 saturated heterocycles. The summed E-state index contributed by atoms with van der Waals surface area (Å²) in [4.78, 5) is 0. The molecule has 0 heterocycles. The van der Waals surface area contributed by atoms with Crippen LogP contribution in [-0.4, -0.2) is 38.4 Å². The van der Waals surface area contributed by atoms with E-state index >= 15 is 0 Å². The molecule has 0 amide bonds. The Morgan fingerprint density at radius 2 is 1.83 bits per heavy atom. The van der Waals surface area contributed by atoms with Gasteiger partial charge in [-0.2, -0.15) is 12.7 Å². The monoisotopic (exact) mass is 299 g/mol. The van der Waals surface area contributed by atoms with Gasteiger partial charge in [0.25, 0.3) is 10.2 Å². The molecule has 1 rings (SSSR count). The predicted molar refractivity (Wildman–Crippen MR) is 77.0 cm³/mol. The molecule has 1 aliphatic carbocycles. The Hall–Kier alpha value is 0.120. The highest BCUT2D eigenvalue weighted by Crippen LogP contribution is 2.29. The average molecular weight is 300 g/mol. The molecule has 0 aromatic carbocycles. The van der Waals surface area contributed by atoms with E-state index in [2.05, 4.69) is 4.72 Å². The van der Waals surface area contributed by atoms with Crippen molar-refractivity contribution >= 4 is 22.6 Å². The molecule has 0 unspecified atom stereocenters. The van der Waals surface area contributed by atoms with Crippen molar-refractivity contribution in [1.82, 2.24) is 9.03 Å². The molecule has 0 aromatic heterocycles. The van der Waals surface area contributed by atoms with Gasteiger partial charge >= 0.3 is 0 Å². The number of rotatable bonds is 8. The van der Waals surface area contributed by atoms with Gasteiger partial charge in [0.2, 0.25) is 0 Å². The van der Waals surface area contributed by atoms with Gasteiger partial charge in [0.05, 0.1) is 0 Å². The number of halogens is 1. The van der Waals surface area contributed by atoms with Gasteiger partial charge < -0.3 is 5.73 Å². The molecule has 5 nitrogen and oxygen atoms in total. The summed E-state index contributed by atoms with van der Waals surface area (Å²) >= 11 is 0. The molecule has 7 heteroatoms. The minimum atomic E-state index is -3.37. The van der Waals surface area contributed by atoms with Gasteiger partial charge in [0, 0.05) is 25.7 Å². The Labute approximate surface area is 117 Å². The first-order chi connectivity index (χ1) is 7.83. The summed E-state index contributed by atoms with van der Waals surface area (Å²) < 4.78 is 27.9. The van der Waals surface area contributed by atoms with Crippen molar-refractivity contribution in [2.24, 2.45) is 11.7 Å². The van der Waals surface area contributed by atoms with Crippen LogP contribution in [0.1, 0.15) is 39.5 Å². The van der Waals surface area contributed by atoms with Gasteiger partial charge in [-0.1, -0.05) is 13.8 Å². The van der Waals surface area contributed by atoms with Crippen molar-refractivity contribution in [3.05, 3.63) is 0 Å². The smallest absolute Gasteiger partial charge is 0.279 e. The van der Waals surface area contributed by atoms with E-state index in [-0.39, 0.29) is 12.4 Å². The van der Waals surface area contributed by atoms with Crippen LogP contribution in [-0.2, 0) is 10.2 Å². The molecule has 1 fully saturated rings. The van der Waals surface area contributed by atoms with Crippen LogP contribution in [0.25, 0.3) is 0 Å². The van der Waals surface area contributed by atoms with Gasteiger partial charge in [0.15, 0.2) is 0 Å². The topological polar surface area (TPSA) is 75.4 Å². The molecule has 18 heavy (non-hydrogen) atoms. The van der Waals surface area contributed by atoms with Crippen LogP contribution in [0.2, 0.25) is 0 Å². The van der Waals surface area contributed by atoms with Crippen molar-refractivity contribution < 1.29 is 8.42 Å². The molecular formula is C11H26ClN3O2S. The normalized spacial score (nSPS) is 16.7. The zero-order chi connectivity index (χ0) is 13.1. The molecule has 0 bridgehead atoms. The van der Waals surface area contributed by atoms with Crippen LogP contribution in [0.4, 0.5) is 0 Å². The van der Waals surface area contributed by atoms with Crippen molar-refractivity contribution in [3.8, 4) is 0 Å². The van der Waals surface area contributed by atoms with Gasteiger partial charge in [0.1, 0.15) is 0 Å². The lowest BCUT2D eigenvalue weighted by molar-refractivity contribution is 0.379. The summed E-state index contributed by atoms with van der Waals surface area (Å²) in [6.45, 7) is 4.87. The third-order valence-electron chi connectivity index (χ3n) is 3.64. The first-order valence-electron chi connectivity index (χ1n) is 6.33. The fraction of sp³-hybridized carbons (Fsp3) is 1.00. The van der Waals surface area contributed by atoms with E-state index < -0.39 is 15.7 Å². The fourth-order valence-corrected chi connectivity index (χ4v) is 2.70. The third-order valence-corrected chi connectivity index (χ3v) is 5.12. The minimum absolute atomic E-state index is 0. The van der Waals surface area contributed by atoms with Crippen molar-refractivity contribution in [2.75, 3.05) is 20.1 Å². The number of hydrogen-bond donors (Lipinski definition) is 2. The van der Waals surface area contributed by atoms with Gasteiger partial charge in [-0.15, -0.1) is 12.4 Å². The largest absolute Gasteiger partial charge is 0.324 e. The van der Waals surface area contributed by atoms with Crippen molar-refractivity contribution in [1.29, 1.82) is 0 Å². The maximum absolute atomic E-state index is 11.9. The summed E-state index contributed by atoms with van der Waals surface area (Å²) in [6, 6.07) is 0. The summed E-state index contributed by atoms with van der Waals surface area (Å²) in [5.41, 5.74) is 5.64. The number of nitrogens with one attached hydrogen (secondary N) is 1. The van der Waals surface area contributed by atoms with Crippen LogP contribution in [0.3, 0.4) is 0 Å². The summed E-state index contributed by atoms with van der Waals surface area (Å²) in [7, 11) is -1.74. The van der Waals surface area contributed by atoms with Crippen LogP contribution in [0.15, 0.2) is 0 Å². The average Bonchev–Trinajstić information content (AvgIpc) is 3.10. The van der Waals surface area contributed by atoms with Crippen molar-refractivity contribution in [2.45, 2.75) is 45.1 Å². The van der Waals surface area contributed by atoms with Crippen LogP contribution in [0.5, 0.6) is 0 Å². The molecule has 0 radical (unpaired) electrons. The summed E-state index contributed by atoms with van der Waals surface area (Å²) in [5, 5.41) is 0. The van der Waals surface area contributed by atoms with E-state index in [1.54, 1.807) is 7.05 Å². The zero-order valence-corrected chi connectivity index (χ0v) is 13.1. The SMILES string of the molecule is CCC(N)(CC)CNS(=O)(=O)N(C)CC1CC1.Cl. The Morgan fingerprint density at radius 1 is 1.33 bits per heavy atom. The first-order valence-corrected chi connectivity index (χ1v) is 7.77. The van der Waals surface area contributed by atoms with E-state index in [4.69, 9.17) is 5.73 Å². The molecular weight excluding hydrogens is 274 g/mol. The predicted octanol–water partition coefficient (Wildman–Crippen LogP) is 1.10. The van der Waals surface area contributed by atoms with Crippen LogP contribution < -0.4 is 10.5 Å². The van der Waals surface area contributed by atoms with E-state index in [1.807, 2.05) is 13.8 Å². The van der Waals surface area contributed by atoms with Gasteiger partial charge in [-0.25, -0.2) is 4.72 Å². The maximum atomic E-state index is 11.9. The second-order valence-electron chi connectivity index (χ2n) is 5.12. The van der Waals surface area contributed by atoms with E-state index in [0.29, 0.717) is 19.0 Å². The second kappa shape index (κ2) is 7.05. The minimum Gasteiger partial charge on any atom is -0.324 e. The highest BCUT2D eigenvalue weighted by atomic mass is 35.5. The summed E-state index contributed by atoms with van der Waals surface area (Å²) in [5.74, 6) is 0.552. The standard InChI is InChI=1S/C11H25N3O2S.ClH/c1-4-11(12,5-2)9-13-17(15,16)14(3)8-10-6-7-10;/h10,13H,4-9,12H2,1-3H3;1H. The molecule has 0 spiro atoms. The second-order valence-corrected chi connectivity index (χ2v) is 6.98. The lowest BCUT2D eigenvalue weighted by Gasteiger charge is -2.28. The van der Waals surface area contributed by atoms with Crippen LogP contribution >= 0.6 is 12.4 Å². The Kier molecular flexibility index (Phi) is 7.10. The van der Waals surface area contributed by atoms with E-state index in [9.17, 15) is 8.42 Å². The third kappa shape index (κ3) is 5.40.